The van der Waals surface area contributed by atoms with Crippen LogP contribution in [-0.4, -0.2) is 12.3 Å². The van der Waals surface area contributed by atoms with Crippen LogP contribution in [0.1, 0.15) is 25.0 Å². The third kappa shape index (κ3) is 4.51. The number of thioether (sulfide) groups is 1. The molecule has 0 radical (unpaired) electrons. The first-order valence-corrected chi connectivity index (χ1v) is 8.46. The molecule has 1 N–H and O–H groups in total. The SMILES string of the molecule is CSc1ccccc1Oc1ccc(CNC(C)C)c(C)c1. The van der Waals surface area contributed by atoms with Gasteiger partial charge in [-0.2, -0.15) is 0 Å². The summed E-state index contributed by atoms with van der Waals surface area (Å²) in [5, 5.41) is 3.45. The molecule has 0 bridgehead atoms. The standard InChI is InChI=1S/C18H23NOS/c1-13(2)19-12-15-9-10-16(11-14(15)3)20-17-7-5-6-8-18(17)21-4/h5-11,13,19H,12H2,1-4H3. The lowest BCUT2D eigenvalue weighted by molar-refractivity contribution is 0.470. The van der Waals surface area contributed by atoms with Gasteiger partial charge in [-0.15, -0.1) is 11.8 Å². The molecule has 0 aliphatic carbocycles. The second-order valence-corrected chi connectivity index (χ2v) is 6.22. The van der Waals surface area contributed by atoms with Crippen LogP contribution in [0, 0.1) is 6.92 Å². The fourth-order valence-corrected chi connectivity index (χ4v) is 2.60. The van der Waals surface area contributed by atoms with Gasteiger partial charge in [-0.1, -0.05) is 32.0 Å². The molecule has 0 saturated heterocycles. The highest BCUT2D eigenvalue weighted by molar-refractivity contribution is 7.98. The maximum Gasteiger partial charge on any atom is 0.140 e. The van der Waals surface area contributed by atoms with Crippen molar-refractivity contribution in [1.82, 2.24) is 5.32 Å². The summed E-state index contributed by atoms with van der Waals surface area (Å²) in [5.41, 5.74) is 2.57. The number of hydrogen-bond donors (Lipinski definition) is 1. The quantitative estimate of drug-likeness (QED) is 0.758. The zero-order valence-corrected chi connectivity index (χ0v) is 14.0. The number of rotatable bonds is 6. The van der Waals surface area contributed by atoms with E-state index in [0.717, 1.165) is 22.9 Å². The fraction of sp³-hybridized carbons (Fsp3) is 0.333. The van der Waals surface area contributed by atoms with E-state index in [1.54, 1.807) is 11.8 Å². The highest BCUT2D eigenvalue weighted by atomic mass is 32.2. The Morgan fingerprint density at radius 1 is 1.14 bits per heavy atom. The minimum atomic E-state index is 0.494. The highest BCUT2D eigenvalue weighted by Gasteiger charge is 2.06. The first-order chi connectivity index (χ1) is 10.1. The van der Waals surface area contributed by atoms with Crippen LogP contribution in [0.2, 0.25) is 0 Å². The summed E-state index contributed by atoms with van der Waals surface area (Å²) in [6.45, 7) is 7.34. The van der Waals surface area contributed by atoms with Crippen LogP contribution in [0.4, 0.5) is 0 Å². The van der Waals surface area contributed by atoms with E-state index in [9.17, 15) is 0 Å². The molecule has 2 rings (SSSR count). The van der Waals surface area contributed by atoms with E-state index in [0.29, 0.717) is 6.04 Å². The van der Waals surface area contributed by atoms with Crippen LogP contribution in [0.25, 0.3) is 0 Å². The molecular formula is C18H23NOS. The molecule has 0 aliphatic rings. The monoisotopic (exact) mass is 301 g/mol. The van der Waals surface area contributed by atoms with E-state index < -0.39 is 0 Å². The van der Waals surface area contributed by atoms with Crippen LogP contribution in [-0.2, 0) is 6.54 Å². The summed E-state index contributed by atoms with van der Waals surface area (Å²) in [6.07, 6.45) is 2.06. The van der Waals surface area contributed by atoms with Crippen molar-refractivity contribution in [3.8, 4) is 11.5 Å². The second-order valence-electron chi connectivity index (χ2n) is 5.38. The molecule has 0 amide bonds. The number of nitrogens with one attached hydrogen (secondary N) is 1. The Bertz CT molecular complexity index is 596. The van der Waals surface area contributed by atoms with Gasteiger partial charge in [0.2, 0.25) is 0 Å². The van der Waals surface area contributed by atoms with E-state index >= 15 is 0 Å². The summed E-state index contributed by atoms with van der Waals surface area (Å²) in [7, 11) is 0. The molecular weight excluding hydrogens is 278 g/mol. The Kier molecular flexibility index (Phi) is 5.71. The maximum absolute atomic E-state index is 6.02. The topological polar surface area (TPSA) is 21.3 Å². The molecule has 3 heteroatoms. The molecule has 2 nitrogen and oxygen atoms in total. The predicted octanol–water partition coefficient (Wildman–Crippen LogP) is 5.01. The number of aryl methyl sites for hydroxylation is 1. The summed E-state index contributed by atoms with van der Waals surface area (Å²) in [4.78, 5) is 1.15. The van der Waals surface area contributed by atoms with Crippen molar-refractivity contribution in [2.45, 2.75) is 38.3 Å². The first kappa shape index (κ1) is 15.9. The summed E-state index contributed by atoms with van der Waals surface area (Å²) < 4.78 is 6.02. The third-order valence-corrected chi connectivity index (χ3v) is 4.09. The van der Waals surface area contributed by atoms with Gasteiger partial charge in [0, 0.05) is 17.5 Å². The molecule has 2 aromatic carbocycles. The molecule has 0 heterocycles. The number of para-hydroxylation sites is 1. The molecule has 0 spiro atoms. The zero-order chi connectivity index (χ0) is 15.2. The minimum Gasteiger partial charge on any atom is -0.456 e. The van der Waals surface area contributed by atoms with Gasteiger partial charge in [0.15, 0.2) is 0 Å². The number of hydrogen-bond acceptors (Lipinski definition) is 3. The number of ether oxygens (including phenoxy) is 1. The summed E-state index contributed by atoms with van der Waals surface area (Å²) >= 11 is 1.70. The molecule has 2 aromatic rings. The van der Waals surface area contributed by atoms with E-state index in [2.05, 4.69) is 50.5 Å². The van der Waals surface area contributed by atoms with Gasteiger partial charge in [-0.05, 0) is 48.6 Å². The van der Waals surface area contributed by atoms with Gasteiger partial charge in [0.1, 0.15) is 11.5 Å². The normalized spacial score (nSPS) is 10.9. The molecule has 0 unspecified atom stereocenters. The molecule has 0 atom stereocenters. The molecule has 112 valence electrons. The Hall–Kier alpha value is -1.45. The van der Waals surface area contributed by atoms with E-state index in [1.807, 2.05) is 24.3 Å². The third-order valence-electron chi connectivity index (χ3n) is 3.31. The van der Waals surface area contributed by atoms with Gasteiger partial charge in [0.05, 0.1) is 0 Å². The maximum atomic E-state index is 6.02. The van der Waals surface area contributed by atoms with Gasteiger partial charge < -0.3 is 10.1 Å². The lowest BCUT2D eigenvalue weighted by Crippen LogP contribution is -2.22. The van der Waals surface area contributed by atoms with Crippen molar-refractivity contribution in [1.29, 1.82) is 0 Å². The zero-order valence-electron chi connectivity index (χ0n) is 13.1. The van der Waals surface area contributed by atoms with Crippen molar-refractivity contribution in [2.75, 3.05) is 6.26 Å². The van der Waals surface area contributed by atoms with Crippen LogP contribution in [0.5, 0.6) is 11.5 Å². The van der Waals surface area contributed by atoms with E-state index in [4.69, 9.17) is 4.74 Å². The average Bonchev–Trinajstić information content (AvgIpc) is 2.47. The van der Waals surface area contributed by atoms with Gasteiger partial charge in [-0.3, -0.25) is 0 Å². The number of benzene rings is 2. The van der Waals surface area contributed by atoms with Gasteiger partial charge in [0.25, 0.3) is 0 Å². The molecule has 0 saturated carbocycles. The predicted molar refractivity (Wildman–Crippen MR) is 91.5 cm³/mol. The van der Waals surface area contributed by atoms with Crippen molar-refractivity contribution in [3.05, 3.63) is 53.6 Å². The van der Waals surface area contributed by atoms with Crippen LogP contribution < -0.4 is 10.1 Å². The lowest BCUT2D eigenvalue weighted by atomic mass is 10.1. The van der Waals surface area contributed by atoms with Crippen LogP contribution in [0.3, 0.4) is 0 Å². The van der Waals surface area contributed by atoms with Gasteiger partial charge in [-0.25, -0.2) is 0 Å². The van der Waals surface area contributed by atoms with Crippen LogP contribution >= 0.6 is 11.8 Å². The first-order valence-electron chi connectivity index (χ1n) is 7.24. The van der Waals surface area contributed by atoms with Crippen molar-refractivity contribution >= 4 is 11.8 Å². The second kappa shape index (κ2) is 7.53. The highest BCUT2D eigenvalue weighted by Crippen LogP contribution is 2.31. The summed E-state index contributed by atoms with van der Waals surface area (Å²) in [6, 6.07) is 14.9. The van der Waals surface area contributed by atoms with Crippen molar-refractivity contribution in [3.63, 3.8) is 0 Å². The molecule has 21 heavy (non-hydrogen) atoms. The van der Waals surface area contributed by atoms with Crippen molar-refractivity contribution < 1.29 is 4.74 Å². The summed E-state index contributed by atoms with van der Waals surface area (Å²) in [5.74, 6) is 1.81. The van der Waals surface area contributed by atoms with Crippen molar-refractivity contribution in [2.24, 2.45) is 0 Å². The largest absolute Gasteiger partial charge is 0.456 e. The minimum absolute atomic E-state index is 0.494. The van der Waals surface area contributed by atoms with E-state index in [-0.39, 0.29) is 0 Å². The fourth-order valence-electron chi connectivity index (χ4n) is 2.07. The Labute approximate surface area is 131 Å². The molecule has 0 fully saturated rings. The lowest BCUT2D eigenvalue weighted by Gasteiger charge is -2.13. The van der Waals surface area contributed by atoms with Crippen LogP contribution in [0.15, 0.2) is 47.4 Å². The molecule has 0 aliphatic heterocycles. The Morgan fingerprint density at radius 3 is 2.57 bits per heavy atom. The Balaban J connectivity index is 2.13. The van der Waals surface area contributed by atoms with Gasteiger partial charge >= 0.3 is 0 Å². The van der Waals surface area contributed by atoms with E-state index in [1.165, 1.54) is 11.1 Å². The smallest absolute Gasteiger partial charge is 0.140 e. The molecule has 0 aromatic heterocycles. The average molecular weight is 301 g/mol. The Morgan fingerprint density at radius 2 is 1.90 bits per heavy atom.